The summed E-state index contributed by atoms with van der Waals surface area (Å²) >= 11 is 0. The van der Waals surface area contributed by atoms with Crippen LogP contribution in [0.25, 0.3) is 0 Å². The van der Waals surface area contributed by atoms with Gasteiger partial charge >= 0.3 is 0 Å². The molecule has 150 valence electrons. The van der Waals surface area contributed by atoms with Crippen LogP contribution < -0.4 is 20.1 Å². The molecule has 1 amide bonds. The minimum Gasteiger partial charge on any atom is -0.489 e. The zero-order chi connectivity index (χ0) is 20.1. The van der Waals surface area contributed by atoms with Crippen LogP contribution >= 0.6 is 0 Å². The maximum Gasteiger partial charge on any atom is 0.276 e. The summed E-state index contributed by atoms with van der Waals surface area (Å²) in [5.74, 6) is -2.91. The monoisotopic (exact) mass is 413 g/mol. The van der Waals surface area contributed by atoms with Crippen molar-refractivity contribution in [1.29, 1.82) is 0 Å². The zero-order valence-corrected chi connectivity index (χ0v) is 15.7. The Hall–Kier alpha value is -2.50. The zero-order valence-electron chi connectivity index (χ0n) is 14.9. The number of anilines is 1. The van der Waals surface area contributed by atoms with Gasteiger partial charge in [-0.1, -0.05) is 0 Å². The molecule has 0 spiro atoms. The average Bonchev–Trinajstić information content (AvgIpc) is 3.18. The molecule has 2 aliphatic rings. The van der Waals surface area contributed by atoms with Gasteiger partial charge in [0.15, 0.2) is 23.1 Å². The minimum atomic E-state index is -3.88. The van der Waals surface area contributed by atoms with E-state index < -0.39 is 27.6 Å². The number of nitrogens with two attached hydrogens (primary N) is 1. The van der Waals surface area contributed by atoms with Crippen molar-refractivity contribution in [1.82, 2.24) is 9.29 Å². The van der Waals surface area contributed by atoms with Gasteiger partial charge in [-0.25, -0.2) is 21.9 Å². The topological polar surface area (TPSA) is 106 Å². The molecule has 0 unspecified atom stereocenters. The van der Waals surface area contributed by atoms with Crippen molar-refractivity contribution >= 4 is 21.6 Å². The lowest BCUT2D eigenvalue weighted by Gasteiger charge is -2.22. The molecule has 1 saturated heterocycles. The molecule has 0 bridgehead atoms. The summed E-state index contributed by atoms with van der Waals surface area (Å²) in [6.07, 6.45) is 1.30. The summed E-state index contributed by atoms with van der Waals surface area (Å²) < 4.78 is 61.8. The number of nitrogens with one attached hydrogen (secondary N) is 2. The highest BCUT2D eigenvalue weighted by atomic mass is 32.2. The number of ether oxygens (including phenoxy) is 1. The van der Waals surface area contributed by atoms with E-state index in [1.54, 1.807) is 0 Å². The normalized spacial score (nSPS) is 23.1. The van der Waals surface area contributed by atoms with Crippen LogP contribution in [-0.4, -0.2) is 44.6 Å². The molecule has 28 heavy (non-hydrogen) atoms. The van der Waals surface area contributed by atoms with Gasteiger partial charge < -0.3 is 19.9 Å². The highest BCUT2D eigenvalue weighted by molar-refractivity contribution is 7.89. The SMILES string of the molecule is Cn1cc2c(c1C(=O)Nc1ccc(F)c(F)c1)OC[C@@H]1C[NH2+]C[C@@H]1NS2(=O)=O. The van der Waals surface area contributed by atoms with Gasteiger partial charge in [0, 0.05) is 25.0 Å². The van der Waals surface area contributed by atoms with Crippen LogP contribution in [0.1, 0.15) is 10.5 Å². The lowest BCUT2D eigenvalue weighted by Crippen LogP contribution is -2.82. The van der Waals surface area contributed by atoms with Crippen molar-refractivity contribution in [2.45, 2.75) is 10.9 Å². The Morgan fingerprint density at radius 1 is 1.32 bits per heavy atom. The summed E-state index contributed by atoms with van der Waals surface area (Å²) in [4.78, 5) is 12.6. The van der Waals surface area contributed by atoms with Crippen molar-refractivity contribution in [3.63, 3.8) is 0 Å². The van der Waals surface area contributed by atoms with Gasteiger partial charge in [0.05, 0.1) is 31.7 Å². The first-order valence-electron chi connectivity index (χ1n) is 8.69. The van der Waals surface area contributed by atoms with Crippen LogP contribution in [-0.2, 0) is 17.1 Å². The maximum atomic E-state index is 13.4. The fourth-order valence-electron chi connectivity index (χ4n) is 3.56. The molecule has 1 fully saturated rings. The number of hydrogen-bond acceptors (Lipinski definition) is 4. The number of hydrogen-bond donors (Lipinski definition) is 3. The average molecular weight is 413 g/mol. The van der Waals surface area contributed by atoms with Crippen LogP contribution in [0.2, 0.25) is 0 Å². The summed E-state index contributed by atoms with van der Waals surface area (Å²) in [7, 11) is -2.37. The summed E-state index contributed by atoms with van der Waals surface area (Å²) in [6.45, 7) is 1.59. The molecule has 3 heterocycles. The van der Waals surface area contributed by atoms with E-state index in [4.69, 9.17) is 4.74 Å². The van der Waals surface area contributed by atoms with Crippen LogP contribution in [0.4, 0.5) is 14.5 Å². The Balaban J connectivity index is 1.70. The van der Waals surface area contributed by atoms with E-state index in [2.05, 4.69) is 10.0 Å². The molecule has 2 atom stereocenters. The molecular formula is C17H19F2N4O4S+. The first-order chi connectivity index (χ1) is 13.3. The molecule has 1 aromatic carbocycles. The highest BCUT2D eigenvalue weighted by Gasteiger charge is 2.40. The third-order valence-corrected chi connectivity index (χ3v) is 6.47. The van der Waals surface area contributed by atoms with Crippen molar-refractivity contribution < 1.29 is 32.0 Å². The van der Waals surface area contributed by atoms with Crippen molar-refractivity contribution in [3.05, 3.63) is 41.7 Å². The third-order valence-electron chi connectivity index (χ3n) is 4.99. The Kier molecular flexibility index (Phi) is 4.60. The molecule has 11 heteroatoms. The fraction of sp³-hybridized carbons (Fsp3) is 0.353. The smallest absolute Gasteiger partial charge is 0.276 e. The largest absolute Gasteiger partial charge is 0.489 e. The number of nitrogens with zero attached hydrogens (tertiary/aromatic N) is 1. The number of carbonyl (C=O) groups is 1. The minimum absolute atomic E-state index is 0.0227. The van der Waals surface area contributed by atoms with Gasteiger partial charge in [0.1, 0.15) is 4.90 Å². The van der Waals surface area contributed by atoms with Gasteiger partial charge in [-0.05, 0) is 12.1 Å². The van der Waals surface area contributed by atoms with Crippen molar-refractivity contribution in [3.8, 4) is 5.75 Å². The van der Waals surface area contributed by atoms with E-state index in [9.17, 15) is 22.0 Å². The number of benzene rings is 1. The predicted octanol–water partition coefficient (Wildman–Crippen LogP) is -0.212. The van der Waals surface area contributed by atoms with Gasteiger partial charge in [-0.2, -0.15) is 0 Å². The quantitative estimate of drug-likeness (QED) is 0.633. The van der Waals surface area contributed by atoms with E-state index >= 15 is 0 Å². The second-order valence-electron chi connectivity index (χ2n) is 6.92. The number of quaternary nitrogens is 1. The predicted molar refractivity (Wildman–Crippen MR) is 94.5 cm³/mol. The van der Waals surface area contributed by atoms with Crippen LogP contribution in [0.5, 0.6) is 5.75 Å². The number of carbonyl (C=O) groups excluding carboxylic acids is 1. The van der Waals surface area contributed by atoms with Crippen LogP contribution in [0, 0.1) is 17.6 Å². The molecule has 8 nitrogen and oxygen atoms in total. The number of rotatable bonds is 2. The molecule has 1 aromatic heterocycles. The fourth-order valence-corrected chi connectivity index (χ4v) is 5.07. The maximum absolute atomic E-state index is 13.4. The van der Waals surface area contributed by atoms with Crippen molar-refractivity contribution in [2.75, 3.05) is 25.0 Å². The lowest BCUT2D eigenvalue weighted by atomic mass is 10.1. The molecule has 0 aliphatic carbocycles. The molecule has 4 rings (SSSR count). The van der Waals surface area contributed by atoms with E-state index in [0.29, 0.717) is 13.1 Å². The summed E-state index contributed by atoms with van der Waals surface area (Å²) in [6, 6.07) is 2.71. The van der Waals surface area contributed by atoms with Gasteiger partial charge in [-0.15, -0.1) is 0 Å². The first kappa shape index (κ1) is 18.8. The number of aromatic nitrogens is 1. The van der Waals surface area contributed by atoms with Crippen LogP contribution in [0.15, 0.2) is 29.3 Å². The summed E-state index contributed by atoms with van der Waals surface area (Å²) in [5, 5.41) is 4.45. The lowest BCUT2D eigenvalue weighted by molar-refractivity contribution is -0.638. The second-order valence-corrected chi connectivity index (χ2v) is 8.61. The Labute approximate surface area is 159 Å². The number of aryl methyl sites for hydroxylation is 1. The Bertz CT molecular complexity index is 1050. The number of fused-ring (bicyclic) bond motifs is 2. The molecular weight excluding hydrogens is 394 g/mol. The Morgan fingerprint density at radius 2 is 2.11 bits per heavy atom. The molecule has 0 saturated carbocycles. The van der Waals surface area contributed by atoms with Gasteiger partial charge in [0.25, 0.3) is 5.91 Å². The van der Waals surface area contributed by atoms with Crippen molar-refractivity contribution in [2.24, 2.45) is 13.0 Å². The molecule has 0 radical (unpaired) electrons. The highest BCUT2D eigenvalue weighted by Crippen LogP contribution is 2.33. The van der Waals surface area contributed by atoms with Crippen LogP contribution in [0.3, 0.4) is 0 Å². The summed E-state index contributed by atoms with van der Waals surface area (Å²) in [5.41, 5.74) is 0.0154. The molecule has 2 aliphatic heterocycles. The van der Waals surface area contributed by atoms with E-state index in [0.717, 1.165) is 12.1 Å². The Morgan fingerprint density at radius 3 is 2.86 bits per heavy atom. The first-order valence-corrected chi connectivity index (χ1v) is 10.2. The number of sulfonamides is 1. The third kappa shape index (κ3) is 3.25. The molecule has 4 N–H and O–H groups in total. The van der Waals surface area contributed by atoms with Gasteiger partial charge in [0.2, 0.25) is 10.0 Å². The standard InChI is InChI=1S/C17H18F2N4O4S/c1-23-7-14-16(27-8-9-5-20-6-13(9)22-28(14,25)26)15(23)17(24)21-10-2-3-11(18)12(19)4-10/h2-4,7,9,13,20,22H,5-6,8H2,1H3,(H,21,24)/p+1/t9-,13-/m0/s1. The number of halogens is 2. The van der Waals surface area contributed by atoms with E-state index in [1.165, 1.54) is 23.9 Å². The van der Waals surface area contributed by atoms with E-state index in [-0.39, 0.29) is 40.6 Å². The van der Waals surface area contributed by atoms with E-state index in [1.807, 2.05) is 5.32 Å². The number of amides is 1. The van der Waals surface area contributed by atoms with Gasteiger partial charge in [-0.3, -0.25) is 4.79 Å². The molecule has 2 aromatic rings. The second kappa shape index (κ2) is 6.83.